The van der Waals surface area contributed by atoms with Crippen LogP contribution in [-0.2, 0) is 11.2 Å². The fourth-order valence-corrected chi connectivity index (χ4v) is 1.79. The molecule has 0 aromatic heterocycles. The van der Waals surface area contributed by atoms with Gasteiger partial charge in [-0.15, -0.1) is 0 Å². The predicted octanol–water partition coefficient (Wildman–Crippen LogP) is 1.30. The van der Waals surface area contributed by atoms with E-state index >= 15 is 0 Å². The summed E-state index contributed by atoms with van der Waals surface area (Å²) in [6.07, 6.45) is 1.65. The van der Waals surface area contributed by atoms with Crippen molar-refractivity contribution in [2.75, 3.05) is 33.9 Å². The van der Waals surface area contributed by atoms with Crippen LogP contribution in [0, 0.1) is 0 Å². The van der Waals surface area contributed by atoms with Crippen LogP contribution in [0.3, 0.4) is 0 Å². The number of nitrogens with zero attached hydrogens (tertiary/aromatic N) is 1. The highest BCUT2D eigenvalue weighted by atomic mass is 16.5. The number of hydrogen-bond acceptors (Lipinski definition) is 3. The van der Waals surface area contributed by atoms with Gasteiger partial charge in [0.1, 0.15) is 0 Å². The Hall–Kier alpha value is -1.39. The second-order valence-electron chi connectivity index (χ2n) is 4.31. The molecule has 0 radical (unpaired) electrons. The van der Waals surface area contributed by atoms with Gasteiger partial charge < -0.3 is 15.4 Å². The number of amides is 1. The van der Waals surface area contributed by atoms with E-state index in [0.29, 0.717) is 19.7 Å². The first-order chi connectivity index (χ1) is 8.69. The minimum Gasteiger partial charge on any atom is -0.385 e. The maximum absolute atomic E-state index is 12.1. The van der Waals surface area contributed by atoms with Gasteiger partial charge in [-0.1, -0.05) is 12.1 Å². The second kappa shape index (κ2) is 7.84. The molecule has 0 saturated carbocycles. The predicted molar refractivity (Wildman–Crippen MR) is 72.7 cm³/mol. The van der Waals surface area contributed by atoms with Crippen LogP contribution in [0.4, 0.5) is 0 Å². The van der Waals surface area contributed by atoms with Crippen LogP contribution in [0.5, 0.6) is 0 Å². The summed E-state index contributed by atoms with van der Waals surface area (Å²) in [6, 6.07) is 7.66. The molecular formula is C14H22N2O2. The van der Waals surface area contributed by atoms with Gasteiger partial charge >= 0.3 is 0 Å². The minimum atomic E-state index is 0.0463. The van der Waals surface area contributed by atoms with Crippen molar-refractivity contribution in [2.45, 2.75) is 12.8 Å². The molecule has 4 nitrogen and oxygen atoms in total. The minimum absolute atomic E-state index is 0.0463. The Morgan fingerprint density at radius 3 is 2.89 bits per heavy atom. The number of rotatable bonds is 7. The average molecular weight is 250 g/mol. The molecule has 0 aliphatic carbocycles. The highest BCUT2D eigenvalue weighted by Gasteiger charge is 2.11. The molecule has 4 heteroatoms. The zero-order valence-corrected chi connectivity index (χ0v) is 11.2. The molecule has 0 bridgehead atoms. The number of ether oxygens (including phenoxy) is 1. The Labute approximate surface area is 109 Å². The second-order valence-corrected chi connectivity index (χ2v) is 4.31. The summed E-state index contributed by atoms with van der Waals surface area (Å²) in [4.78, 5) is 13.9. The van der Waals surface area contributed by atoms with E-state index in [1.807, 2.05) is 31.3 Å². The van der Waals surface area contributed by atoms with Crippen LogP contribution >= 0.6 is 0 Å². The zero-order valence-electron chi connectivity index (χ0n) is 11.2. The van der Waals surface area contributed by atoms with Crippen molar-refractivity contribution in [2.24, 2.45) is 5.73 Å². The lowest BCUT2D eigenvalue weighted by Gasteiger charge is -2.17. The molecule has 100 valence electrons. The van der Waals surface area contributed by atoms with Crippen molar-refractivity contribution >= 4 is 5.91 Å². The standard InChI is InChI=1S/C14H22N2O2/c1-16(9-4-10-18-2)14(17)13-6-3-5-12(11-13)7-8-15/h3,5-6,11H,4,7-10,15H2,1-2H3. The van der Waals surface area contributed by atoms with Gasteiger partial charge in [-0.3, -0.25) is 4.79 Å². The van der Waals surface area contributed by atoms with Crippen LogP contribution in [-0.4, -0.2) is 44.7 Å². The number of methoxy groups -OCH3 is 1. The Kier molecular flexibility index (Phi) is 6.39. The molecule has 0 unspecified atom stereocenters. The van der Waals surface area contributed by atoms with Crippen molar-refractivity contribution in [3.63, 3.8) is 0 Å². The van der Waals surface area contributed by atoms with E-state index in [2.05, 4.69) is 0 Å². The molecule has 0 aliphatic rings. The molecule has 0 fully saturated rings. The number of nitrogens with two attached hydrogens (primary N) is 1. The Bertz CT molecular complexity index is 380. The maximum atomic E-state index is 12.1. The molecule has 0 spiro atoms. The van der Waals surface area contributed by atoms with E-state index in [-0.39, 0.29) is 5.91 Å². The van der Waals surface area contributed by atoms with E-state index in [1.54, 1.807) is 12.0 Å². The van der Waals surface area contributed by atoms with Crippen LogP contribution in [0.15, 0.2) is 24.3 Å². The van der Waals surface area contributed by atoms with Gasteiger partial charge in [-0.2, -0.15) is 0 Å². The van der Waals surface area contributed by atoms with Crippen molar-refractivity contribution in [1.29, 1.82) is 0 Å². The first-order valence-electron chi connectivity index (χ1n) is 6.22. The van der Waals surface area contributed by atoms with Crippen molar-refractivity contribution in [3.8, 4) is 0 Å². The summed E-state index contributed by atoms with van der Waals surface area (Å²) >= 11 is 0. The Morgan fingerprint density at radius 1 is 1.44 bits per heavy atom. The van der Waals surface area contributed by atoms with Crippen LogP contribution in [0.1, 0.15) is 22.3 Å². The number of benzene rings is 1. The fourth-order valence-electron chi connectivity index (χ4n) is 1.79. The molecule has 2 N–H and O–H groups in total. The van der Waals surface area contributed by atoms with E-state index in [4.69, 9.17) is 10.5 Å². The number of hydrogen-bond donors (Lipinski definition) is 1. The summed E-state index contributed by atoms with van der Waals surface area (Å²) in [5, 5.41) is 0. The number of carbonyl (C=O) groups is 1. The number of carbonyl (C=O) groups excluding carboxylic acids is 1. The molecule has 1 aromatic rings. The lowest BCUT2D eigenvalue weighted by atomic mass is 10.1. The highest BCUT2D eigenvalue weighted by molar-refractivity contribution is 5.94. The van der Waals surface area contributed by atoms with Crippen molar-refractivity contribution < 1.29 is 9.53 Å². The van der Waals surface area contributed by atoms with Crippen molar-refractivity contribution in [3.05, 3.63) is 35.4 Å². The summed E-state index contributed by atoms with van der Waals surface area (Å²) in [6.45, 7) is 1.97. The third kappa shape index (κ3) is 4.47. The lowest BCUT2D eigenvalue weighted by molar-refractivity contribution is 0.0779. The van der Waals surface area contributed by atoms with E-state index < -0.39 is 0 Å². The summed E-state index contributed by atoms with van der Waals surface area (Å²) < 4.78 is 4.98. The molecular weight excluding hydrogens is 228 g/mol. The third-order valence-electron chi connectivity index (χ3n) is 2.80. The molecule has 1 amide bonds. The topological polar surface area (TPSA) is 55.6 Å². The Morgan fingerprint density at radius 2 is 2.22 bits per heavy atom. The van der Waals surface area contributed by atoms with Gasteiger partial charge in [0, 0.05) is 32.9 Å². The van der Waals surface area contributed by atoms with E-state index in [1.165, 1.54) is 0 Å². The maximum Gasteiger partial charge on any atom is 0.253 e. The third-order valence-corrected chi connectivity index (χ3v) is 2.80. The molecule has 18 heavy (non-hydrogen) atoms. The highest BCUT2D eigenvalue weighted by Crippen LogP contribution is 2.08. The quantitative estimate of drug-likeness (QED) is 0.742. The van der Waals surface area contributed by atoms with Gasteiger partial charge in [0.05, 0.1) is 0 Å². The normalized spacial score (nSPS) is 10.4. The largest absolute Gasteiger partial charge is 0.385 e. The van der Waals surface area contributed by atoms with Gasteiger partial charge in [-0.25, -0.2) is 0 Å². The van der Waals surface area contributed by atoms with Gasteiger partial charge in [0.2, 0.25) is 0 Å². The molecule has 0 saturated heterocycles. The summed E-state index contributed by atoms with van der Waals surface area (Å²) in [7, 11) is 3.48. The van der Waals surface area contributed by atoms with Gasteiger partial charge in [-0.05, 0) is 37.1 Å². The van der Waals surface area contributed by atoms with Crippen LogP contribution in [0.2, 0.25) is 0 Å². The smallest absolute Gasteiger partial charge is 0.253 e. The fraction of sp³-hybridized carbons (Fsp3) is 0.500. The molecule has 0 heterocycles. The summed E-state index contributed by atoms with van der Waals surface area (Å²) in [5.74, 6) is 0.0463. The van der Waals surface area contributed by atoms with Gasteiger partial charge in [0.15, 0.2) is 0 Å². The first kappa shape index (κ1) is 14.7. The molecule has 1 aromatic carbocycles. The molecule has 0 atom stereocenters. The molecule has 0 aliphatic heterocycles. The van der Waals surface area contributed by atoms with Crippen LogP contribution in [0.25, 0.3) is 0 Å². The van der Waals surface area contributed by atoms with E-state index in [0.717, 1.165) is 24.0 Å². The SMILES string of the molecule is COCCCN(C)C(=O)c1cccc(CCN)c1. The molecule has 1 rings (SSSR count). The van der Waals surface area contributed by atoms with Gasteiger partial charge in [0.25, 0.3) is 5.91 Å². The average Bonchev–Trinajstić information content (AvgIpc) is 2.39. The zero-order chi connectivity index (χ0) is 13.4. The first-order valence-corrected chi connectivity index (χ1v) is 6.22. The monoisotopic (exact) mass is 250 g/mol. The van der Waals surface area contributed by atoms with E-state index in [9.17, 15) is 4.79 Å². The van der Waals surface area contributed by atoms with Crippen LogP contribution < -0.4 is 5.73 Å². The summed E-state index contributed by atoms with van der Waals surface area (Å²) in [5.41, 5.74) is 7.35. The van der Waals surface area contributed by atoms with Crippen molar-refractivity contribution in [1.82, 2.24) is 4.90 Å². The lowest BCUT2D eigenvalue weighted by Crippen LogP contribution is -2.28. The Balaban J connectivity index is 2.62.